The second kappa shape index (κ2) is 67.2. The van der Waals surface area contributed by atoms with Crippen molar-refractivity contribution in [2.45, 2.75) is 414 Å². The third-order valence-electron chi connectivity index (χ3n) is 18.8. The Balaban J connectivity index is 5.25. The molecule has 0 heterocycles. The van der Waals surface area contributed by atoms with Gasteiger partial charge in [-0.3, -0.25) is 37.3 Å². The van der Waals surface area contributed by atoms with Crippen LogP contribution in [0.4, 0.5) is 0 Å². The van der Waals surface area contributed by atoms with E-state index >= 15 is 0 Å². The summed E-state index contributed by atoms with van der Waals surface area (Å²) in [5.74, 6) is 1.01. The summed E-state index contributed by atoms with van der Waals surface area (Å²) >= 11 is 0. The number of carbonyl (C=O) groups excluding carboxylic acids is 4. The zero-order valence-corrected chi connectivity index (χ0v) is 65.5. The van der Waals surface area contributed by atoms with Gasteiger partial charge in [0.15, 0.2) is 12.2 Å². The monoisotopic (exact) mass is 1420 g/mol. The van der Waals surface area contributed by atoms with E-state index in [0.29, 0.717) is 25.7 Å². The Hall–Kier alpha value is -1.94. The van der Waals surface area contributed by atoms with Crippen LogP contribution in [0.15, 0.2) is 0 Å². The Bertz CT molecular complexity index is 1910. The molecule has 0 bridgehead atoms. The van der Waals surface area contributed by atoms with Crippen molar-refractivity contribution in [3.05, 3.63) is 0 Å². The Morgan fingerprint density at radius 1 is 0.289 bits per heavy atom. The molecule has 17 nitrogen and oxygen atoms in total. The highest BCUT2D eigenvalue weighted by molar-refractivity contribution is 7.47. The lowest BCUT2D eigenvalue weighted by molar-refractivity contribution is -0.161. The van der Waals surface area contributed by atoms with Crippen molar-refractivity contribution in [1.82, 2.24) is 0 Å². The molecule has 0 aliphatic carbocycles. The maximum atomic E-state index is 13.1. The van der Waals surface area contributed by atoms with Crippen molar-refractivity contribution in [2.75, 3.05) is 39.6 Å². The van der Waals surface area contributed by atoms with Crippen LogP contribution in [0, 0.1) is 23.7 Å². The predicted molar refractivity (Wildman–Crippen MR) is 395 cm³/mol. The van der Waals surface area contributed by atoms with Gasteiger partial charge in [0.25, 0.3) is 0 Å². The molecule has 0 amide bonds. The van der Waals surface area contributed by atoms with Gasteiger partial charge >= 0.3 is 39.5 Å². The van der Waals surface area contributed by atoms with Gasteiger partial charge in [-0.2, -0.15) is 0 Å². The molecule has 0 fully saturated rings. The van der Waals surface area contributed by atoms with Crippen LogP contribution in [-0.4, -0.2) is 96.7 Å². The van der Waals surface area contributed by atoms with Gasteiger partial charge in [-0.05, 0) is 49.4 Å². The molecule has 0 aromatic rings. The molecular weight excluding hydrogens is 1270 g/mol. The number of carbonyl (C=O) groups is 4. The number of phosphoric ester groups is 2. The van der Waals surface area contributed by atoms with E-state index in [4.69, 9.17) is 37.0 Å². The average molecular weight is 1420 g/mol. The maximum absolute atomic E-state index is 13.1. The molecule has 0 aromatic heterocycles. The molecule has 0 saturated carbocycles. The summed E-state index contributed by atoms with van der Waals surface area (Å²) in [6.07, 6.45) is 52.6. The van der Waals surface area contributed by atoms with Crippen molar-refractivity contribution >= 4 is 39.5 Å². The van der Waals surface area contributed by atoms with Crippen molar-refractivity contribution in [2.24, 2.45) is 23.7 Å². The van der Waals surface area contributed by atoms with Crippen LogP contribution in [0.3, 0.4) is 0 Å². The molecule has 0 spiro atoms. The van der Waals surface area contributed by atoms with E-state index in [9.17, 15) is 43.2 Å². The Labute approximate surface area is 594 Å². The number of ether oxygens (including phenoxy) is 4. The van der Waals surface area contributed by atoms with Gasteiger partial charge in [0.05, 0.1) is 26.4 Å². The number of aliphatic hydroxyl groups excluding tert-OH is 1. The number of hydrogen-bond donors (Lipinski definition) is 3. The van der Waals surface area contributed by atoms with Gasteiger partial charge in [0.2, 0.25) is 0 Å². The molecule has 4 unspecified atom stereocenters. The van der Waals surface area contributed by atoms with Crippen LogP contribution in [-0.2, 0) is 65.4 Å². The van der Waals surface area contributed by atoms with E-state index in [0.717, 1.165) is 120 Å². The largest absolute Gasteiger partial charge is 0.472 e. The molecule has 97 heavy (non-hydrogen) atoms. The number of rotatable bonds is 75. The summed E-state index contributed by atoms with van der Waals surface area (Å²) in [5.41, 5.74) is 0. The first kappa shape index (κ1) is 95.1. The molecule has 576 valence electrons. The third-order valence-corrected chi connectivity index (χ3v) is 20.7. The third kappa shape index (κ3) is 69.5. The molecule has 0 radical (unpaired) electrons. The molecule has 0 aromatic carbocycles. The summed E-state index contributed by atoms with van der Waals surface area (Å²) in [7, 11) is -9.92. The van der Waals surface area contributed by atoms with Crippen molar-refractivity contribution in [3.8, 4) is 0 Å². The SMILES string of the molecule is CCC(C)CCCCCCCCCCCCCCCCC(=O)O[C@H](COC(=O)CCCCCCCCC(C)CC)COP(=O)(O)OC[C@H](O)COP(=O)(O)OC[C@@H](COC(=O)CCCCCCCCCCCCCCC(C)C)OC(=O)CCCCCCCCCCCCCC(C)C. The fourth-order valence-corrected chi connectivity index (χ4v) is 13.4. The molecule has 0 rings (SSSR count). The lowest BCUT2D eigenvalue weighted by Crippen LogP contribution is -2.30. The van der Waals surface area contributed by atoms with Crippen LogP contribution in [0.2, 0.25) is 0 Å². The fourth-order valence-electron chi connectivity index (χ4n) is 11.8. The molecule has 3 N–H and O–H groups in total. The average Bonchev–Trinajstić information content (AvgIpc) is 1.24. The second-order valence-electron chi connectivity index (χ2n) is 29.5. The van der Waals surface area contributed by atoms with E-state index in [1.165, 1.54) is 193 Å². The smallest absolute Gasteiger partial charge is 0.462 e. The second-order valence-corrected chi connectivity index (χ2v) is 32.4. The Morgan fingerprint density at radius 3 is 0.732 bits per heavy atom. The molecule has 0 aliphatic heterocycles. The van der Waals surface area contributed by atoms with Crippen molar-refractivity contribution < 1.29 is 80.2 Å². The minimum Gasteiger partial charge on any atom is -0.462 e. The zero-order valence-electron chi connectivity index (χ0n) is 63.7. The fraction of sp³-hybridized carbons (Fsp3) is 0.949. The first-order valence-electron chi connectivity index (χ1n) is 40.3. The Kier molecular flexibility index (Phi) is 65.9. The van der Waals surface area contributed by atoms with Gasteiger partial charge in [-0.15, -0.1) is 0 Å². The van der Waals surface area contributed by atoms with Crippen molar-refractivity contribution in [1.29, 1.82) is 0 Å². The minimum atomic E-state index is -4.96. The van der Waals surface area contributed by atoms with Gasteiger partial charge in [0.1, 0.15) is 19.3 Å². The summed E-state index contributed by atoms with van der Waals surface area (Å²) in [6.45, 7) is 14.2. The van der Waals surface area contributed by atoms with Crippen LogP contribution in [0.25, 0.3) is 0 Å². The van der Waals surface area contributed by atoms with E-state index in [1.54, 1.807) is 0 Å². The number of unbranched alkanes of at least 4 members (excludes halogenated alkanes) is 39. The zero-order chi connectivity index (χ0) is 71.7. The minimum absolute atomic E-state index is 0.106. The van der Waals surface area contributed by atoms with E-state index < -0.39 is 97.5 Å². The highest BCUT2D eigenvalue weighted by Gasteiger charge is 2.30. The number of phosphoric acid groups is 2. The number of hydrogen-bond acceptors (Lipinski definition) is 15. The van der Waals surface area contributed by atoms with Crippen LogP contribution >= 0.6 is 15.6 Å². The molecule has 7 atom stereocenters. The molecule has 0 saturated heterocycles. The predicted octanol–water partition coefficient (Wildman–Crippen LogP) is 22.8. The molecular formula is C78H152O17P2. The van der Waals surface area contributed by atoms with Gasteiger partial charge in [-0.25, -0.2) is 9.13 Å². The molecule has 0 aliphatic rings. The summed E-state index contributed by atoms with van der Waals surface area (Å²) < 4.78 is 68.6. The molecule has 19 heteroatoms. The Morgan fingerprint density at radius 2 is 0.495 bits per heavy atom. The van der Waals surface area contributed by atoms with Gasteiger partial charge in [0, 0.05) is 25.7 Å². The van der Waals surface area contributed by atoms with Crippen LogP contribution in [0.1, 0.15) is 396 Å². The summed E-state index contributed by atoms with van der Waals surface area (Å²) in [5, 5.41) is 10.6. The highest BCUT2D eigenvalue weighted by atomic mass is 31.2. The quantitative estimate of drug-likeness (QED) is 0.0222. The van der Waals surface area contributed by atoms with Gasteiger partial charge < -0.3 is 33.8 Å². The summed E-state index contributed by atoms with van der Waals surface area (Å²) in [4.78, 5) is 72.9. The van der Waals surface area contributed by atoms with Crippen LogP contribution < -0.4 is 0 Å². The van der Waals surface area contributed by atoms with Crippen LogP contribution in [0.5, 0.6) is 0 Å². The highest BCUT2D eigenvalue weighted by Crippen LogP contribution is 2.45. The normalized spacial score (nSPS) is 14.6. The lowest BCUT2D eigenvalue weighted by atomic mass is 9.99. The van der Waals surface area contributed by atoms with Crippen molar-refractivity contribution in [3.63, 3.8) is 0 Å². The van der Waals surface area contributed by atoms with E-state index in [1.807, 2.05) is 0 Å². The first-order valence-corrected chi connectivity index (χ1v) is 43.3. The van der Waals surface area contributed by atoms with E-state index in [2.05, 4.69) is 55.4 Å². The lowest BCUT2D eigenvalue weighted by Gasteiger charge is -2.21. The first-order chi connectivity index (χ1) is 46.7. The standard InChI is InChI=1S/C78H152O17P2/c1-9-70(7)56-48-40-32-26-20-13-11-12-14-22-28-34-44-52-60-77(82)95-74(65-89-76(81)59-51-43-37-36-41-49-57-71(8)10-2)67-93-97(86,87)91-63-72(79)62-90-96(84,85)92-66-73(94-78(83)61-53-45-35-29-23-17-19-25-31-39-47-55-69(5)6)64-88-75(80)58-50-42-33-27-21-16-15-18-24-30-38-46-54-68(3)4/h68-74,79H,9-67H2,1-8H3,(H,84,85)(H,86,87)/t70?,71?,72-,73-,74-/m1/s1. The maximum Gasteiger partial charge on any atom is 0.472 e. The van der Waals surface area contributed by atoms with E-state index in [-0.39, 0.29) is 25.7 Å². The number of esters is 4. The van der Waals surface area contributed by atoms with Gasteiger partial charge in [-0.1, -0.05) is 344 Å². The topological polar surface area (TPSA) is 237 Å². The number of aliphatic hydroxyl groups is 1. The summed E-state index contributed by atoms with van der Waals surface area (Å²) in [6, 6.07) is 0.